The molecule has 0 spiro atoms. The Morgan fingerprint density at radius 1 is 1.50 bits per heavy atom. The standard InChI is InChI=1S/C11H10N2O6S/c1-3-8(2)12(11(14)15)20(18,19)10-7-5-4-6-9(10)13(16)17/h1,4-8H,2H3,(H,14,15)/t8-/m1/s1. The van der Waals surface area contributed by atoms with Gasteiger partial charge in [-0.15, -0.1) is 6.42 Å². The van der Waals surface area contributed by atoms with E-state index >= 15 is 0 Å². The number of nitro groups is 1. The fourth-order valence-electron chi connectivity index (χ4n) is 1.48. The molecule has 20 heavy (non-hydrogen) atoms. The average Bonchev–Trinajstić information content (AvgIpc) is 2.37. The summed E-state index contributed by atoms with van der Waals surface area (Å²) in [4.78, 5) is 20.3. The molecule has 1 atom stereocenters. The Balaban J connectivity index is 3.55. The predicted octanol–water partition coefficient (Wildman–Crippen LogP) is 1.29. The van der Waals surface area contributed by atoms with Gasteiger partial charge in [0.25, 0.3) is 15.7 Å². The molecule has 9 heteroatoms. The third kappa shape index (κ3) is 2.70. The Morgan fingerprint density at radius 2 is 2.05 bits per heavy atom. The van der Waals surface area contributed by atoms with Crippen molar-refractivity contribution in [3.05, 3.63) is 34.4 Å². The minimum absolute atomic E-state index is 0.00926. The summed E-state index contributed by atoms with van der Waals surface area (Å²) >= 11 is 0. The lowest BCUT2D eigenvalue weighted by Gasteiger charge is -2.21. The van der Waals surface area contributed by atoms with Crippen LogP contribution in [-0.4, -0.2) is 34.9 Å². The molecule has 0 saturated heterocycles. The molecule has 1 rings (SSSR count). The zero-order valence-electron chi connectivity index (χ0n) is 10.3. The van der Waals surface area contributed by atoms with Gasteiger partial charge in [-0.05, 0) is 13.0 Å². The van der Waals surface area contributed by atoms with Gasteiger partial charge in [0.15, 0.2) is 4.90 Å². The summed E-state index contributed by atoms with van der Waals surface area (Å²) in [6, 6.07) is 3.14. The molecule has 1 aromatic carbocycles. The Labute approximate surface area is 114 Å². The number of hydrogen-bond donors (Lipinski definition) is 1. The van der Waals surface area contributed by atoms with Crippen molar-refractivity contribution in [3.8, 4) is 12.3 Å². The molecular formula is C11H10N2O6S. The second-order valence-corrected chi connectivity index (χ2v) is 5.43. The van der Waals surface area contributed by atoms with Gasteiger partial charge in [0.2, 0.25) is 0 Å². The van der Waals surface area contributed by atoms with Crippen LogP contribution in [0.15, 0.2) is 29.2 Å². The molecule has 0 aliphatic carbocycles. The number of amides is 1. The molecule has 106 valence electrons. The van der Waals surface area contributed by atoms with E-state index in [2.05, 4.69) is 0 Å². The molecule has 0 unspecified atom stereocenters. The highest BCUT2D eigenvalue weighted by Gasteiger charge is 2.37. The molecular weight excluding hydrogens is 288 g/mol. The van der Waals surface area contributed by atoms with E-state index in [1.165, 1.54) is 19.1 Å². The molecule has 1 aromatic rings. The van der Waals surface area contributed by atoms with Crippen LogP contribution in [0.3, 0.4) is 0 Å². The average molecular weight is 298 g/mol. The van der Waals surface area contributed by atoms with Crippen molar-refractivity contribution in [1.82, 2.24) is 4.31 Å². The van der Waals surface area contributed by atoms with Crippen molar-refractivity contribution in [2.75, 3.05) is 0 Å². The van der Waals surface area contributed by atoms with Gasteiger partial charge in [0.05, 0.1) is 4.92 Å². The number of nitrogens with zero attached hydrogens (tertiary/aromatic N) is 2. The first-order valence-electron chi connectivity index (χ1n) is 5.20. The summed E-state index contributed by atoms with van der Waals surface area (Å²) in [5.41, 5.74) is -0.719. The summed E-state index contributed by atoms with van der Waals surface area (Å²) in [7, 11) is -4.64. The third-order valence-electron chi connectivity index (χ3n) is 2.38. The van der Waals surface area contributed by atoms with Crippen molar-refractivity contribution < 1.29 is 23.2 Å². The topological polar surface area (TPSA) is 118 Å². The van der Waals surface area contributed by atoms with Gasteiger partial charge >= 0.3 is 6.09 Å². The number of benzene rings is 1. The molecule has 8 nitrogen and oxygen atoms in total. The van der Waals surface area contributed by atoms with Crippen LogP contribution in [0.25, 0.3) is 0 Å². The molecule has 0 bridgehead atoms. The molecule has 0 aliphatic rings. The number of carboxylic acid groups (broad SMARTS) is 1. The molecule has 0 aromatic heterocycles. The van der Waals surface area contributed by atoms with Crippen molar-refractivity contribution >= 4 is 21.8 Å². The number of rotatable bonds is 4. The number of sulfonamides is 1. The molecule has 0 radical (unpaired) electrons. The lowest BCUT2D eigenvalue weighted by Crippen LogP contribution is -2.41. The van der Waals surface area contributed by atoms with E-state index in [0.717, 1.165) is 12.1 Å². The molecule has 1 amide bonds. The monoisotopic (exact) mass is 298 g/mol. The Hall–Kier alpha value is -2.60. The van der Waals surface area contributed by atoms with Crippen LogP contribution >= 0.6 is 0 Å². The van der Waals surface area contributed by atoms with Crippen LogP contribution in [-0.2, 0) is 10.0 Å². The summed E-state index contributed by atoms with van der Waals surface area (Å²) in [6.45, 7) is 1.18. The van der Waals surface area contributed by atoms with Crippen LogP contribution in [0.4, 0.5) is 10.5 Å². The van der Waals surface area contributed by atoms with E-state index in [1.54, 1.807) is 0 Å². The Morgan fingerprint density at radius 3 is 2.50 bits per heavy atom. The van der Waals surface area contributed by atoms with Gasteiger partial charge in [-0.25, -0.2) is 13.2 Å². The summed E-state index contributed by atoms with van der Waals surface area (Å²) in [5, 5.41) is 19.8. The van der Waals surface area contributed by atoms with Gasteiger partial charge in [0, 0.05) is 6.07 Å². The lowest BCUT2D eigenvalue weighted by molar-refractivity contribution is -0.387. The normalized spacial score (nSPS) is 12.2. The van der Waals surface area contributed by atoms with E-state index in [0.29, 0.717) is 0 Å². The maximum Gasteiger partial charge on any atom is 0.422 e. The van der Waals surface area contributed by atoms with Crippen molar-refractivity contribution in [3.63, 3.8) is 0 Å². The minimum Gasteiger partial charge on any atom is -0.464 e. The van der Waals surface area contributed by atoms with Crippen LogP contribution in [0, 0.1) is 22.5 Å². The fraction of sp³-hybridized carbons (Fsp3) is 0.182. The van der Waals surface area contributed by atoms with Crippen LogP contribution in [0.2, 0.25) is 0 Å². The van der Waals surface area contributed by atoms with Gasteiger partial charge in [-0.1, -0.05) is 18.1 Å². The third-order valence-corrected chi connectivity index (χ3v) is 4.27. The molecule has 0 aliphatic heterocycles. The fourth-order valence-corrected chi connectivity index (χ4v) is 3.03. The highest BCUT2D eigenvalue weighted by molar-refractivity contribution is 7.89. The van der Waals surface area contributed by atoms with Crippen LogP contribution < -0.4 is 0 Å². The maximum absolute atomic E-state index is 12.2. The highest BCUT2D eigenvalue weighted by atomic mass is 32.2. The predicted molar refractivity (Wildman–Crippen MR) is 68.4 cm³/mol. The maximum atomic E-state index is 12.2. The van der Waals surface area contributed by atoms with Gasteiger partial charge in [-0.3, -0.25) is 10.1 Å². The van der Waals surface area contributed by atoms with E-state index in [9.17, 15) is 23.3 Å². The quantitative estimate of drug-likeness (QED) is 0.508. The molecule has 0 fully saturated rings. The minimum atomic E-state index is -4.64. The summed E-state index contributed by atoms with van der Waals surface area (Å²) < 4.78 is 24.5. The van der Waals surface area contributed by atoms with Gasteiger partial charge in [-0.2, -0.15) is 4.31 Å². The largest absolute Gasteiger partial charge is 0.464 e. The molecule has 0 heterocycles. The Kier molecular flexibility index (Phi) is 4.31. The first-order chi connectivity index (χ1) is 9.23. The molecule has 1 N–H and O–H groups in total. The van der Waals surface area contributed by atoms with E-state index in [-0.39, 0.29) is 4.31 Å². The number of para-hydroxylation sites is 1. The second kappa shape index (κ2) is 5.58. The highest BCUT2D eigenvalue weighted by Crippen LogP contribution is 2.27. The first-order valence-corrected chi connectivity index (χ1v) is 6.64. The zero-order chi connectivity index (χ0) is 15.5. The van der Waals surface area contributed by atoms with Crippen LogP contribution in [0.5, 0.6) is 0 Å². The number of hydrogen-bond acceptors (Lipinski definition) is 5. The smallest absolute Gasteiger partial charge is 0.422 e. The van der Waals surface area contributed by atoms with Crippen molar-refractivity contribution in [1.29, 1.82) is 0 Å². The van der Waals surface area contributed by atoms with E-state index in [1.807, 2.05) is 5.92 Å². The summed E-state index contributed by atoms with van der Waals surface area (Å²) in [6.07, 6.45) is 3.22. The number of carbonyl (C=O) groups is 1. The van der Waals surface area contributed by atoms with Crippen molar-refractivity contribution in [2.45, 2.75) is 17.9 Å². The number of nitro benzene ring substituents is 1. The molecule has 0 saturated carbocycles. The van der Waals surface area contributed by atoms with E-state index in [4.69, 9.17) is 11.5 Å². The SMILES string of the molecule is C#C[C@@H](C)N(C(=O)O)S(=O)(=O)c1ccccc1[N+](=O)[O-]. The number of terminal acetylenes is 1. The van der Waals surface area contributed by atoms with Gasteiger partial charge < -0.3 is 5.11 Å². The van der Waals surface area contributed by atoms with Crippen LogP contribution in [0.1, 0.15) is 6.92 Å². The first kappa shape index (κ1) is 15.5. The lowest BCUT2D eigenvalue weighted by atomic mass is 10.3. The van der Waals surface area contributed by atoms with E-state index < -0.39 is 37.7 Å². The Bertz CT molecular complexity index is 691. The van der Waals surface area contributed by atoms with Gasteiger partial charge in [0.1, 0.15) is 6.04 Å². The summed E-state index contributed by atoms with van der Waals surface area (Å²) in [5.74, 6) is 1.97. The zero-order valence-corrected chi connectivity index (χ0v) is 11.1. The van der Waals surface area contributed by atoms with Crippen molar-refractivity contribution in [2.24, 2.45) is 0 Å². The second-order valence-electron chi connectivity index (χ2n) is 3.65.